The van der Waals surface area contributed by atoms with Crippen molar-refractivity contribution < 1.29 is 4.74 Å². The summed E-state index contributed by atoms with van der Waals surface area (Å²) in [5, 5.41) is 1.95. The third-order valence-corrected chi connectivity index (χ3v) is 1.66. The molecule has 64 valence electrons. The van der Waals surface area contributed by atoms with Crippen molar-refractivity contribution in [2.75, 3.05) is 20.6 Å². The maximum absolute atomic E-state index is 5.36. The zero-order chi connectivity index (χ0) is 8.10. The molecule has 0 aromatic rings. The molecule has 1 aliphatic rings. The van der Waals surface area contributed by atoms with Crippen LogP contribution >= 0.6 is 0 Å². The van der Waals surface area contributed by atoms with Gasteiger partial charge >= 0.3 is 0 Å². The van der Waals surface area contributed by atoms with Crippen LogP contribution in [0.25, 0.3) is 0 Å². The van der Waals surface area contributed by atoms with Crippen LogP contribution < -0.4 is 5.43 Å². The lowest BCUT2D eigenvalue weighted by Crippen LogP contribution is -2.37. The maximum atomic E-state index is 5.36. The van der Waals surface area contributed by atoms with Gasteiger partial charge in [-0.1, -0.05) is 0 Å². The number of nitrogens with one attached hydrogen (secondary N) is 1. The Hall–Kier alpha value is -0.540. The van der Waals surface area contributed by atoms with Crippen LogP contribution in [-0.4, -0.2) is 31.8 Å². The second-order valence-corrected chi connectivity index (χ2v) is 2.96. The number of nitrogens with zero attached hydrogens (tertiary/aromatic N) is 1. The minimum absolute atomic E-state index is 0.349. The Morgan fingerprint density at radius 2 is 2.45 bits per heavy atom. The highest BCUT2D eigenvalue weighted by molar-refractivity contribution is 4.82. The molecular formula is C8H16N2O. The van der Waals surface area contributed by atoms with E-state index in [9.17, 15) is 0 Å². The number of rotatable bonds is 3. The topological polar surface area (TPSA) is 24.5 Å². The van der Waals surface area contributed by atoms with Gasteiger partial charge in [0.1, 0.15) is 6.10 Å². The van der Waals surface area contributed by atoms with E-state index < -0.39 is 0 Å². The zero-order valence-corrected chi connectivity index (χ0v) is 7.21. The summed E-state index contributed by atoms with van der Waals surface area (Å²) in [6.07, 6.45) is 6.47. The third-order valence-electron chi connectivity index (χ3n) is 1.66. The molecule has 0 aromatic heterocycles. The summed E-state index contributed by atoms with van der Waals surface area (Å²) in [6, 6.07) is 0. The summed E-state index contributed by atoms with van der Waals surface area (Å²) in [5.74, 6) is 0. The van der Waals surface area contributed by atoms with E-state index in [0.29, 0.717) is 6.10 Å². The molecule has 0 spiro atoms. The van der Waals surface area contributed by atoms with Gasteiger partial charge in [-0.2, -0.15) is 0 Å². The van der Waals surface area contributed by atoms with E-state index in [1.54, 1.807) is 6.26 Å². The molecule has 0 saturated carbocycles. The van der Waals surface area contributed by atoms with Crippen molar-refractivity contribution in [2.24, 2.45) is 0 Å². The molecule has 0 aliphatic carbocycles. The summed E-state index contributed by atoms with van der Waals surface area (Å²) in [4.78, 5) is 0. The summed E-state index contributed by atoms with van der Waals surface area (Å²) in [5.41, 5.74) is 3.19. The Kier molecular flexibility index (Phi) is 3.39. The number of hydrogen-bond donors (Lipinski definition) is 1. The normalized spacial score (nSPS) is 23.7. The third kappa shape index (κ3) is 3.39. The lowest BCUT2D eigenvalue weighted by Gasteiger charge is -2.21. The van der Waals surface area contributed by atoms with Crippen molar-refractivity contribution in [1.29, 1.82) is 0 Å². The Labute approximate surface area is 68.0 Å². The fourth-order valence-corrected chi connectivity index (χ4v) is 1.02. The van der Waals surface area contributed by atoms with Crippen LogP contribution in [0.3, 0.4) is 0 Å². The van der Waals surface area contributed by atoms with Crippen LogP contribution in [0.15, 0.2) is 12.3 Å². The van der Waals surface area contributed by atoms with Gasteiger partial charge in [0, 0.05) is 20.6 Å². The first-order chi connectivity index (χ1) is 5.29. The lowest BCUT2D eigenvalue weighted by molar-refractivity contribution is 0.101. The van der Waals surface area contributed by atoms with Gasteiger partial charge in [-0.3, -0.25) is 10.4 Å². The smallest absolute Gasteiger partial charge is 0.112 e. The van der Waals surface area contributed by atoms with Crippen molar-refractivity contribution in [3.63, 3.8) is 0 Å². The van der Waals surface area contributed by atoms with Gasteiger partial charge in [0.15, 0.2) is 0 Å². The molecule has 3 nitrogen and oxygen atoms in total. The first kappa shape index (κ1) is 8.56. The average molecular weight is 156 g/mol. The molecular weight excluding hydrogens is 140 g/mol. The highest BCUT2D eigenvalue weighted by Gasteiger charge is 2.09. The molecule has 3 heteroatoms. The molecule has 0 amide bonds. The maximum Gasteiger partial charge on any atom is 0.112 e. The quantitative estimate of drug-likeness (QED) is 0.610. The van der Waals surface area contributed by atoms with Crippen LogP contribution in [0.5, 0.6) is 0 Å². The monoisotopic (exact) mass is 156 g/mol. The van der Waals surface area contributed by atoms with E-state index >= 15 is 0 Å². The largest absolute Gasteiger partial charge is 0.497 e. The Morgan fingerprint density at radius 1 is 1.64 bits per heavy atom. The predicted octanol–water partition coefficient (Wildman–Crippen LogP) is 0.745. The molecule has 0 saturated heterocycles. The van der Waals surface area contributed by atoms with Gasteiger partial charge < -0.3 is 4.74 Å². The van der Waals surface area contributed by atoms with Crippen LogP contribution in [0.4, 0.5) is 0 Å². The summed E-state index contributed by atoms with van der Waals surface area (Å²) in [7, 11) is 3.97. The highest BCUT2D eigenvalue weighted by atomic mass is 16.5. The molecule has 1 atom stereocenters. The highest BCUT2D eigenvalue weighted by Crippen LogP contribution is 2.08. The van der Waals surface area contributed by atoms with Crippen molar-refractivity contribution in [1.82, 2.24) is 10.4 Å². The Bertz CT molecular complexity index is 134. The van der Waals surface area contributed by atoms with E-state index in [-0.39, 0.29) is 0 Å². The standard InChI is InChI=1S/C8H16N2O/c1-10(2)9-7-8-5-3-4-6-11-8/h4,6,8-9H,3,5,7H2,1-2H3. The van der Waals surface area contributed by atoms with Gasteiger partial charge in [-0.05, 0) is 18.9 Å². The molecule has 0 bridgehead atoms. The van der Waals surface area contributed by atoms with Gasteiger partial charge in [-0.25, -0.2) is 0 Å². The van der Waals surface area contributed by atoms with Gasteiger partial charge in [-0.15, -0.1) is 0 Å². The fourth-order valence-electron chi connectivity index (χ4n) is 1.02. The molecule has 1 aliphatic heterocycles. The number of hydrogen-bond acceptors (Lipinski definition) is 3. The van der Waals surface area contributed by atoms with E-state index in [0.717, 1.165) is 19.4 Å². The number of ether oxygens (including phenoxy) is 1. The van der Waals surface area contributed by atoms with E-state index in [4.69, 9.17) is 4.74 Å². The summed E-state index contributed by atoms with van der Waals surface area (Å²) < 4.78 is 5.36. The van der Waals surface area contributed by atoms with Crippen molar-refractivity contribution in [3.05, 3.63) is 12.3 Å². The zero-order valence-electron chi connectivity index (χ0n) is 7.21. The minimum Gasteiger partial charge on any atom is -0.497 e. The van der Waals surface area contributed by atoms with Crippen molar-refractivity contribution in [2.45, 2.75) is 18.9 Å². The van der Waals surface area contributed by atoms with E-state index in [1.165, 1.54) is 0 Å². The van der Waals surface area contributed by atoms with Gasteiger partial charge in [0.2, 0.25) is 0 Å². The lowest BCUT2D eigenvalue weighted by atomic mass is 10.2. The molecule has 0 radical (unpaired) electrons. The average Bonchev–Trinajstić information content (AvgIpc) is 2.03. The minimum atomic E-state index is 0.349. The summed E-state index contributed by atoms with van der Waals surface area (Å²) >= 11 is 0. The van der Waals surface area contributed by atoms with Crippen LogP contribution in [-0.2, 0) is 4.74 Å². The van der Waals surface area contributed by atoms with Gasteiger partial charge in [0.25, 0.3) is 0 Å². The van der Waals surface area contributed by atoms with Crippen LogP contribution in [0.2, 0.25) is 0 Å². The second-order valence-electron chi connectivity index (χ2n) is 2.96. The summed E-state index contributed by atoms with van der Waals surface area (Å²) in [6.45, 7) is 0.900. The first-order valence-electron chi connectivity index (χ1n) is 4.00. The second kappa shape index (κ2) is 4.36. The molecule has 1 rings (SSSR count). The van der Waals surface area contributed by atoms with Gasteiger partial charge in [0.05, 0.1) is 6.26 Å². The van der Waals surface area contributed by atoms with Crippen molar-refractivity contribution >= 4 is 0 Å². The first-order valence-corrected chi connectivity index (χ1v) is 4.00. The molecule has 1 unspecified atom stereocenters. The number of hydrazine groups is 1. The van der Waals surface area contributed by atoms with Crippen molar-refractivity contribution in [3.8, 4) is 0 Å². The molecule has 0 fully saturated rings. The van der Waals surface area contributed by atoms with Crippen LogP contribution in [0.1, 0.15) is 12.8 Å². The van der Waals surface area contributed by atoms with E-state index in [1.807, 2.05) is 19.1 Å². The predicted molar refractivity (Wildman–Crippen MR) is 44.9 cm³/mol. The Balaban J connectivity index is 2.11. The van der Waals surface area contributed by atoms with Crippen LogP contribution in [0, 0.1) is 0 Å². The molecule has 1 heterocycles. The fraction of sp³-hybridized carbons (Fsp3) is 0.750. The Morgan fingerprint density at radius 3 is 3.00 bits per heavy atom. The molecule has 1 N–H and O–H groups in total. The number of allylic oxidation sites excluding steroid dienone is 1. The molecule has 11 heavy (non-hydrogen) atoms. The van der Waals surface area contributed by atoms with E-state index in [2.05, 4.69) is 11.5 Å². The SMILES string of the molecule is CN(C)NCC1CCC=CO1. The molecule has 0 aromatic carbocycles.